The van der Waals surface area contributed by atoms with E-state index in [1.807, 2.05) is 18.7 Å². The largest absolute Gasteiger partial charge is 0.461 e. The van der Waals surface area contributed by atoms with Gasteiger partial charge < -0.3 is 17.7 Å². The van der Waals surface area contributed by atoms with E-state index in [-0.39, 0.29) is 34.5 Å². The highest BCUT2D eigenvalue weighted by atomic mass is 32.2. The lowest BCUT2D eigenvalue weighted by Crippen LogP contribution is -2.41. The summed E-state index contributed by atoms with van der Waals surface area (Å²) in [4.78, 5) is 26.1. The highest BCUT2D eigenvalue weighted by molar-refractivity contribution is 8.03. The van der Waals surface area contributed by atoms with Crippen molar-refractivity contribution in [1.29, 1.82) is 0 Å². The van der Waals surface area contributed by atoms with E-state index in [1.54, 1.807) is 6.08 Å². The van der Waals surface area contributed by atoms with Crippen LogP contribution in [0, 0.1) is 5.92 Å². The molecule has 1 rings (SSSR count). The van der Waals surface area contributed by atoms with Crippen LogP contribution >= 0.6 is 11.8 Å². The number of thioether (sulfide) groups is 1. The second-order valence-electron chi connectivity index (χ2n) is 17.4. The summed E-state index contributed by atoms with van der Waals surface area (Å²) in [6, 6.07) is 0. The Morgan fingerprint density at radius 1 is 0.898 bits per heavy atom. The molecule has 0 aromatic rings. The van der Waals surface area contributed by atoms with E-state index in [1.165, 1.54) is 24.2 Å². The van der Waals surface area contributed by atoms with Gasteiger partial charge in [-0.15, -0.1) is 11.8 Å². The maximum Gasteiger partial charge on any atom is 0.310 e. The fourth-order valence-corrected chi connectivity index (χ4v) is 18.7. The molecule has 3 atom stereocenters. The van der Waals surface area contributed by atoms with Gasteiger partial charge in [-0.25, -0.2) is 0 Å². The van der Waals surface area contributed by atoms with Crippen molar-refractivity contribution >= 4 is 59.9 Å². The van der Waals surface area contributed by atoms with Gasteiger partial charge in [-0.05, 0) is 78.8 Å². The first kappa shape index (κ1) is 46.3. The monoisotopic (exact) mass is 770 g/mol. The predicted octanol–water partition coefficient (Wildman–Crippen LogP) is 10.5. The standard InChI is InChI=1S/C38H74O6SSi4/c1-14-17-19-23-30(48(10,11)43-46-37(4,5)6)25-26-31-33(49(12,13)44-47-38(7,8)9)29-32(42-35(40)22-15-2)36(31)45-28-21-18-20-24-34(39)41-27-16-3/h16,25-26,30-31,33H,3,14-15,17-24,27-29,46-47H2,1-2,4-13H3/t30-,31-,33+/m0/s1. The molecule has 49 heavy (non-hydrogen) atoms. The zero-order chi connectivity index (χ0) is 37.3. The van der Waals surface area contributed by atoms with Crippen molar-refractivity contribution in [2.45, 2.75) is 173 Å². The predicted molar refractivity (Wildman–Crippen MR) is 223 cm³/mol. The van der Waals surface area contributed by atoms with Crippen LogP contribution in [0.1, 0.15) is 126 Å². The minimum atomic E-state index is -2.18. The second kappa shape index (κ2) is 22.4. The van der Waals surface area contributed by atoms with E-state index in [4.69, 9.17) is 17.7 Å². The van der Waals surface area contributed by atoms with Crippen LogP contribution in [-0.2, 0) is 27.3 Å². The summed E-state index contributed by atoms with van der Waals surface area (Å²) in [6.45, 7) is 31.6. The Morgan fingerprint density at radius 3 is 2.14 bits per heavy atom. The highest BCUT2D eigenvalue weighted by Gasteiger charge is 2.47. The third-order valence-corrected chi connectivity index (χ3v) is 23.7. The molecule has 0 unspecified atom stereocenters. The van der Waals surface area contributed by atoms with Gasteiger partial charge in [-0.1, -0.05) is 106 Å². The van der Waals surface area contributed by atoms with Crippen LogP contribution in [0.4, 0.5) is 0 Å². The van der Waals surface area contributed by atoms with Gasteiger partial charge in [0.25, 0.3) is 0 Å². The summed E-state index contributed by atoms with van der Waals surface area (Å²) in [5.74, 6) is 1.66. The lowest BCUT2D eigenvalue weighted by atomic mass is 10.1. The van der Waals surface area contributed by atoms with Crippen molar-refractivity contribution in [3.05, 3.63) is 35.5 Å². The molecular formula is C38H74O6SSi4. The molecule has 0 saturated heterocycles. The van der Waals surface area contributed by atoms with Crippen LogP contribution in [0.25, 0.3) is 0 Å². The van der Waals surface area contributed by atoms with Crippen molar-refractivity contribution in [2.75, 3.05) is 12.4 Å². The number of esters is 2. The highest BCUT2D eigenvalue weighted by Crippen LogP contribution is 2.53. The molecule has 0 saturated carbocycles. The van der Waals surface area contributed by atoms with Crippen molar-refractivity contribution in [3.63, 3.8) is 0 Å². The zero-order valence-corrected chi connectivity index (χ0v) is 39.3. The molecule has 0 fully saturated rings. The molecule has 0 aromatic heterocycles. The zero-order valence-electron chi connectivity index (χ0n) is 33.6. The van der Waals surface area contributed by atoms with Crippen LogP contribution in [0.15, 0.2) is 35.5 Å². The van der Waals surface area contributed by atoms with Gasteiger partial charge in [0.1, 0.15) is 12.4 Å². The molecule has 6 nitrogen and oxygen atoms in total. The van der Waals surface area contributed by atoms with Crippen LogP contribution in [-0.4, -0.2) is 60.5 Å². The number of ether oxygens (including phenoxy) is 2. The molecule has 0 spiro atoms. The van der Waals surface area contributed by atoms with Crippen molar-refractivity contribution in [3.8, 4) is 0 Å². The summed E-state index contributed by atoms with van der Waals surface area (Å²) >= 11 is 1.86. The Kier molecular flexibility index (Phi) is 21.2. The fourth-order valence-electron chi connectivity index (χ4n) is 5.87. The van der Waals surface area contributed by atoms with E-state index in [2.05, 4.69) is 93.4 Å². The van der Waals surface area contributed by atoms with Crippen molar-refractivity contribution in [2.24, 2.45) is 5.92 Å². The van der Waals surface area contributed by atoms with Crippen LogP contribution in [0.2, 0.25) is 47.3 Å². The molecule has 1 aliphatic rings. The number of allylic oxidation sites excluding steroid dienone is 4. The average molecular weight is 771 g/mol. The molecule has 0 aliphatic heterocycles. The molecule has 0 aromatic carbocycles. The Hall–Kier alpha value is -0.702. The summed E-state index contributed by atoms with van der Waals surface area (Å²) in [6.07, 6.45) is 16.6. The number of carbonyl (C=O) groups is 2. The molecule has 0 radical (unpaired) electrons. The third-order valence-electron chi connectivity index (χ3n) is 8.96. The topological polar surface area (TPSA) is 71.1 Å². The van der Waals surface area contributed by atoms with Gasteiger partial charge in [0.15, 0.2) is 36.2 Å². The normalized spacial score (nSPS) is 18.8. The van der Waals surface area contributed by atoms with Gasteiger partial charge in [-0.2, -0.15) is 0 Å². The van der Waals surface area contributed by atoms with Gasteiger partial charge in [-0.3, -0.25) is 9.59 Å². The van der Waals surface area contributed by atoms with E-state index in [0.717, 1.165) is 50.0 Å². The van der Waals surface area contributed by atoms with Gasteiger partial charge in [0.05, 0.1) is 0 Å². The van der Waals surface area contributed by atoms with E-state index < -0.39 is 36.2 Å². The van der Waals surface area contributed by atoms with Gasteiger partial charge in [0, 0.05) is 30.1 Å². The Labute approximate surface area is 312 Å². The molecule has 11 heteroatoms. The molecule has 0 amide bonds. The molecular weight excluding hydrogens is 697 g/mol. The number of carbonyl (C=O) groups excluding carboxylic acids is 2. The summed E-state index contributed by atoms with van der Waals surface area (Å²) < 4.78 is 25.3. The van der Waals surface area contributed by atoms with Crippen LogP contribution in [0.5, 0.6) is 0 Å². The average Bonchev–Trinajstić information content (AvgIpc) is 3.34. The van der Waals surface area contributed by atoms with Crippen molar-refractivity contribution in [1.82, 2.24) is 0 Å². The first-order chi connectivity index (χ1) is 22.8. The Balaban J connectivity index is 3.47. The Bertz CT molecular complexity index is 1080. The molecule has 284 valence electrons. The second-order valence-corrected chi connectivity index (χ2v) is 33.5. The first-order valence-corrected chi connectivity index (χ1v) is 28.6. The fraction of sp³-hybridized carbons (Fsp3) is 0.789. The molecule has 0 bridgehead atoms. The van der Waals surface area contributed by atoms with Crippen molar-refractivity contribution < 1.29 is 27.3 Å². The minimum absolute atomic E-state index is 0.131. The maximum atomic E-state index is 13.0. The number of rotatable bonds is 24. The lowest BCUT2D eigenvalue weighted by Gasteiger charge is -2.37. The minimum Gasteiger partial charge on any atom is -0.461 e. The maximum absolute atomic E-state index is 13.0. The molecule has 1 aliphatic carbocycles. The molecule has 0 N–H and O–H groups in total. The number of hydrogen-bond acceptors (Lipinski definition) is 7. The lowest BCUT2D eigenvalue weighted by molar-refractivity contribution is -0.142. The summed E-state index contributed by atoms with van der Waals surface area (Å²) in [5, 5.41) is 0.472. The van der Waals surface area contributed by atoms with E-state index >= 15 is 0 Å². The van der Waals surface area contributed by atoms with Gasteiger partial charge >= 0.3 is 11.9 Å². The SMILES string of the molecule is C=CCOC(=O)CCCCCSC1=C(OC(=O)CCC)C[C@@H]([Si](C)(C)O[SiH2]C(C)(C)C)[C@@H]1C=C[C@H](CCCCC)[Si](C)(C)O[SiH2]C(C)(C)C. The van der Waals surface area contributed by atoms with Gasteiger partial charge in [0.2, 0.25) is 0 Å². The number of unbranched alkanes of at least 4 members (excludes halogenated alkanes) is 4. The van der Waals surface area contributed by atoms with Crippen LogP contribution in [0.3, 0.4) is 0 Å². The number of hydrogen-bond donors (Lipinski definition) is 0. The molecule has 0 heterocycles. The van der Waals surface area contributed by atoms with E-state index in [0.29, 0.717) is 23.9 Å². The smallest absolute Gasteiger partial charge is 0.310 e. The van der Waals surface area contributed by atoms with E-state index in [9.17, 15) is 9.59 Å². The summed E-state index contributed by atoms with van der Waals surface area (Å²) in [5.41, 5.74) is 0.735. The quantitative estimate of drug-likeness (QED) is 0.0419. The third kappa shape index (κ3) is 19.1. The first-order valence-electron chi connectivity index (χ1n) is 19.1. The van der Waals surface area contributed by atoms with Crippen LogP contribution < -0.4 is 0 Å². The summed E-state index contributed by atoms with van der Waals surface area (Å²) in [7, 11) is -5.58. The Morgan fingerprint density at radius 2 is 1.55 bits per heavy atom.